The third-order valence-electron chi connectivity index (χ3n) is 4.99. The molecule has 134 valence electrons. The van der Waals surface area contributed by atoms with Crippen molar-refractivity contribution < 1.29 is 0 Å². The van der Waals surface area contributed by atoms with E-state index < -0.39 is 0 Å². The lowest BCUT2D eigenvalue weighted by Crippen LogP contribution is -2.26. The van der Waals surface area contributed by atoms with E-state index >= 15 is 0 Å². The SMILES string of the molecule is C1=C(c2ccccc2)N(c2ccccc2)c2ccccc2N1c1ccccc1. The predicted octanol–water partition coefficient (Wildman–Crippen LogP) is 6.98. The van der Waals surface area contributed by atoms with Gasteiger partial charge in [0.25, 0.3) is 0 Å². The van der Waals surface area contributed by atoms with Crippen molar-refractivity contribution in [1.29, 1.82) is 0 Å². The van der Waals surface area contributed by atoms with Gasteiger partial charge in [0, 0.05) is 23.1 Å². The summed E-state index contributed by atoms with van der Waals surface area (Å²) in [5.41, 5.74) is 6.96. The van der Waals surface area contributed by atoms with E-state index in [-0.39, 0.29) is 0 Å². The summed E-state index contributed by atoms with van der Waals surface area (Å²) in [5, 5.41) is 0. The maximum Gasteiger partial charge on any atom is 0.0703 e. The molecule has 1 aliphatic rings. The number of hydrogen-bond donors (Lipinski definition) is 0. The van der Waals surface area contributed by atoms with Gasteiger partial charge in [0.2, 0.25) is 0 Å². The van der Waals surface area contributed by atoms with Gasteiger partial charge in [0.1, 0.15) is 0 Å². The summed E-state index contributed by atoms with van der Waals surface area (Å²) in [5.74, 6) is 0. The topological polar surface area (TPSA) is 6.48 Å². The first kappa shape index (κ1) is 16.4. The van der Waals surface area contributed by atoms with Crippen LogP contribution in [0.4, 0.5) is 22.7 Å². The Morgan fingerprint density at radius 1 is 0.429 bits per heavy atom. The van der Waals surface area contributed by atoms with Crippen molar-refractivity contribution in [2.75, 3.05) is 9.80 Å². The van der Waals surface area contributed by atoms with Gasteiger partial charge < -0.3 is 9.80 Å². The molecular formula is C26H20N2. The molecule has 28 heavy (non-hydrogen) atoms. The first-order valence-corrected chi connectivity index (χ1v) is 9.47. The molecule has 0 spiro atoms. The number of hydrogen-bond acceptors (Lipinski definition) is 2. The number of para-hydroxylation sites is 4. The summed E-state index contributed by atoms with van der Waals surface area (Å²) in [6.45, 7) is 0. The second-order valence-electron chi connectivity index (χ2n) is 6.75. The van der Waals surface area contributed by atoms with Crippen LogP contribution in [0.5, 0.6) is 0 Å². The van der Waals surface area contributed by atoms with Gasteiger partial charge in [-0.05, 0) is 36.4 Å². The molecule has 0 bridgehead atoms. The Bertz CT molecular complexity index is 1100. The van der Waals surface area contributed by atoms with Crippen LogP contribution in [-0.4, -0.2) is 0 Å². The zero-order valence-electron chi connectivity index (χ0n) is 15.4. The zero-order valence-corrected chi connectivity index (χ0v) is 15.4. The molecule has 0 saturated carbocycles. The van der Waals surface area contributed by atoms with E-state index in [0.29, 0.717) is 0 Å². The number of nitrogens with zero attached hydrogens (tertiary/aromatic N) is 2. The molecule has 0 fully saturated rings. The van der Waals surface area contributed by atoms with Crippen LogP contribution in [0.3, 0.4) is 0 Å². The Kier molecular flexibility index (Phi) is 4.15. The van der Waals surface area contributed by atoms with Gasteiger partial charge >= 0.3 is 0 Å². The average molecular weight is 360 g/mol. The maximum absolute atomic E-state index is 2.34. The van der Waals surface area contributed by atoms with Gasteiger partial charge in [-0.15, -0.1) is 0 Å². The minimum Gasteiger partial charge on any atom is -0.313 e. The number of fused-ring (bicyclic) bond motifs is 1. The van der Waals surface area contributed by atoms with Gasteiger partial charge in [-0.3, -0.25) is 0 Å². The van der Waals surface area contributed by atoms with Crippen LogP contribution in [0.25, 0.3) is 5.70 Å². The smallest absolute Gasteiger partial charge is 0.0703 e. The highest BCUT2D eigenvalue weighted by Gasteiger charge is 2.27. The summed E-state index contributed by atoms with van der Waals surface area (Å²) in [7, 11) is 0. The third kappa shape index (κ3) is 2.85. The fourth-order valence-corrected chi connectivity index (χ4v) is 3.71. The molecule has 0 N–H and O–H groups in total. The van der Waals surface area contributed by atoms with Crippen LogP contribution in [0.1, 0.15) is 5.56 Å². The summed E-state index contributed by atoms with van der Waals surface area (Å²) in [6, 6.07) is 40.2. The lowest BCUT2D eigenvalue weighted by Gasteiger charge is -2.38. The van der Waals surface area contributed by atoms with Gasteiger partial charge in [0.15, 0.2) is 0 Å². The van der Waals surface area contributed by atoms with E-state index in [9.17, 15) is 0 Å². The molecule has 2 nitrogen and oxygen atoms in total. The van der Waals surface area contributed by atoms with Crippen molar-refractivity contribution in [2.45, 2.75) is 0 Å². The zero-order chi connectivity index (χ0) is 18.8. The van der Waals surface area contributed by atoms with E-state index in [1.165, 1.54) is 11.3 Å². The van der Waals surface area contributed by atoms with Crippen molar-refractivity contribution >= 4 is 28.4 Å². The summed E-state index contributed by atoms with van der Waals surface area (Å²) in [4.78, 5) is 4.61. The molecule has 0 amide bonds. The number of anilines is 4. The molecule has 0 atom stereocenters. The molecule has 1 heterocycles. The molecule has 4 aromatic carbocycles. The second kappa shape index (κ2) is 7.09. The predicted molar refractivity (Wildman–Crippen MR) is 118 cm³/mol. The number of rotatable bonds is 3. The van der Waals surface area contributed by atoms with Gasteiger partial charge in [-0.2, -0.15) is 0 Å². The average Bonchev–Trinajstić information content (AvgIpc) is 2.80. The van der Waals surface area contributed by atoms with Crippen LogP contribution in [-0.2, 0) is 0 Å². The molecule has 2 heteroatoms. The monoisotopic (exact) mass is 360 g/mol. The van der Waals surface area contributed by atoms with Crippen LogP contribution in [0.2, 0.25) is 0 Å². The highest BCUT2D eigenvalue weighted by atomic mass is 15.3. The van der Waals surface area contributed by atoms with Gasteiger partial charge in [0.05, 0.1) is 17.1 Å². The summed E-state index contributed by atoms with van der Waals surface area (Å²) >= 11 is 0. The molecule has 0 radical (unpaired) electrons. The Morgan fingerprint density at radius 2 is 0.929 bits per heavy atom. The molecule has 0 aliphatic carbocycles. The van der Waals surface area contributed by atoms with Crippen molar-refractivity contribution in [1.82, 2.24) is 0 Å². The quantitative estimate of drug-likeness (QED) is 0.389. The molecular weight excluding hydrogens is 340 g/mol. The highest BCUT2D eigenvalue weighted by Crippen LogP contribution is 2.46. The van der Waals surface area contributed by atoms with Crippen LogP contribution < -0.4 is 9.80 Å². The number of benzene rings is 4. The maximum atomic E-state index is 2.34. The van der Waals surface area contributed by atoms with E-state index in [1.54, 1.807) is 0 Å². The molecule has 0 unspecified atom stereocenters. The third-order valence-corrected chi connectivity index (χ3v) is 4.99. The lowest BCUT2D eigenvalue weighted by atomic mass is 10.0. The van der Waals surface area contributed by atoms with Crippen molar-refractivity contribution in [3.8, 4) is 0 Å². The van der Waals surface area contributed by atoms with E-state index in [1.807, 2.05) is 0 Å². The van der Waals surface area contributed by atoms with Crippen molar-refractivity contribution in [3.63, 3.8) is 0 Å². The fraction of sp³-hybridized carbons (Fsp3) is 0. The largest absolute Gasteiger partial charge is 0.313 e. The Hall–Kier alpha value is -3.78. The molecule has 4 aromatic rings. The van der Waals surface area contributed by atoms with E-state index in [4.69, 9.17) is 0 Å². The summed E-state index contributed by atoms with van der Waals surface area (Å²) < 4.78 is 0. The Morgan fingerprint density at radius 3 is 1.57 bits per heavy atom. The van der Waals surface area contributed by atoms with Crippen molar-refractivity contribution in [3.05, 3.63) is 127 Å². The van der Waals surface area contributed by atoms with Crippen LogP contribution >= 0.6 is 0 Å². The standard InChI is InChI=1S/C26H20N2/c1-4-12-21(13-5-1)26-20-27(22-14-6-2-7-15-22)24-18-10-11-19-25(24)28(26)23-16-8-3-9-17-23/h1-20H. The van der Waals surface area contributed by atoms with E-state index in [0.717, 1.165) is 22.8 Å². The fourth-order valence-electron chi connectivity index (χ4n) is 3.71. The van der Waals surface area contributed by atoms with Gasteiger partial charge in [-0.1, -0.05) is 78.9 Å². The molecule has 1 aliphatic heterocycles. The first-order valence-electron chi connectivity index (χ1n) is 9.47. The molecule has 0 saturated heterocycles. The lowest BCUT2D eigenvalue weighted by molar-refractivity contribution is 1.17. The minimum atomic E-state index is 1.15. The van der Waals surface area contributed by atoms with E-state index in [2.05, 4.69) is 131 Å². The van der Waals surface area contributed by atoms with Gasteiger partial charge in [-0.25, -0.2) is 0 Å². The highest BCUT2D eigenvalue weighted by molar-refractivity contribution is 5.99. The first-order chi connectivity index (χ1) is 13.9. The van der Waals surface area contributed by atoms with Crippen molar-refractivity contribution in [2.24, 2.45) is 0 Å². The molecule has 0 aromatic heterocycles. The second-order valence-corrected chi connectivity index (χ2v) is 6.75. The Balaban J connectivity index is 1.77. The summed E-state index contributed by atoms with van der Waals surface area (Å²) in [6.07, 6.45) is 2.24. The molecule has 5 rings (SSSR count). The van der Waals surface area contributed by atoms with Crippen LogP contribution in [0.15, 0.2) is 121 Å². The Labute approximate surface area is 165 Å². The normalized spacial score (nSPS) is 13.1. The van der Waals surface area contributed by atoms with Crippen LogP contribution in [0, 0.1) is 0 Å². The minimum absolute atomic E-state index is 1.15.